The average Bonchev–Trinajstić information content (AvgIpc) is 2.37. The number of sulfonamides is 1. The Bertz CT molecular complexity index is 807. The minimum atomic E-state index is -3.95. The van der Waals surface area contributed by atoms with Crippen LogP contribution in [0.1, 0.15) is 11.1 Å². The summed E-state index contributed by atoms with van der Waals surface area (Å²) in [6.45, 7) is 3.62. The van der Waals surface area contributed by atoms with E-state index < -0.39 is 15.8 Å². The fraction of sp³-hybridized carbons (Fsp3) is 0.143. The van der Waals surface area contributed by atoms with Crippen LogP contribution < -0.4 is 10.5 Å². The van der Waals surface area contributed by atoms with Crippen LogP contribution in [0, 0.1) is 19.7 Å². The lowest BCUT2D eigenvalue weighted by atomic mass is 10.1. The molecule has 0 aliphatic heterocycles. The maximum atomic E-state index is 13.8. The van der Waals surface area contributed by atoms with Crippen molar-refractivity contribution in [3.63, 3.8) is 0 Å². The molecule has 0 radical (unpaired) electrons. The second-order valence-corrected chi connectivity index (χ2v) is 7.27. The van der Waals surface area contributed by atoms with Gasteiger partial charge in [-0.1, -0.05) is 15.9 Å². The molecule has 0 aromatic heterocycles. The summed E-state index contributed by atoms with van der Waals surface area (Å²) in [5, 5.41) is 0. The van der Waals surface area contributed by atoms with Gasteiger partial charge in [0.25, 0.3) is 10.0 Å². The Morgan fingerprint density at radius 2 is 1.76 bits per heavy atom. The van der Waals surface area contributed by atoms with Crippen molar-refractivity contribution in [3.8, 4) is 0 Å². The summed E-state index contributed by atoms with van der Waals surface area (Å²) in [4.78, 5) is -0.0621. The number of benzene rings is 2. The first-order chi connectivity index (χ1) is 9.70. The van der Waals surface area contributed by atoms with Crippen LogP contribution in [0.15, 0.2) is 39.7 Å². The van der Waals surface area contributed by atoms with Crippen LogP contribution in [0.25, 0.3) is 0 Å². The van der Waals surface area contributed by atoms with Crippen LogP contribution in [-0.2, 0) is 10.0 Å². The molecule has 4 nitrogen and oxygen atoms in total. The molecule has 0 heterocycles. The molecule has 112 valence electrons. The normalized spacial score (nSPS) is 11.4. The molecule has 2 aromatic carbocycles. The standard InChI is InChI=1S/C14H14BrFN2O2S/c1-8-5-12(17)14(6-9(8)2)21(19,20)18-13-4-3-10(15)7-11(13)16/h3-7,18H,17H2,1-2H3. The first kappa shape index (κ1) is 15.8. The van der Waals surface area contributed by atoms with Crippen molar-refractivity contribution >= 4 is 37.3 Å². The van der Waals surface area contributed by atoms with Gasteiger partial charge in [-0.05, 0) is 55.3 Å². The molecule has 0 saturated carbocycles. The SMILES string of the molecule is Cc1cc(N)c(S(=O)(=O)Nc2ccc(Br)cc2F)cc1C. The van der Waals surface area contributed by atoms with Crippen molar-refractivity contribution in [2.24, 2.45) is 0 Å². The predicted molar refractivity (Wildman–Crippen MR) is 85.2 cm³/mol. The third-order valence-corrected chi connectivity index (χ3v) is 5.01. The average molecular weight is 373 g/mol. The molecular formula is C14H14BrFN2O2S. The van der Waals surface area contributed by atoms with Gasteiger partial charge in [-0.2, -0.15) is 0 Å². The van der Waals surface area contributed by atoms with Crippen LogP contribution >= 0.6 is 15.9 Å². The van der Waals surface area contributed by atoms with Crippen molar-refractivity contribution in [3.05, 3.63) is 51.7 Å². The van der Waals surface area contributed by atoms with Gasteiger partial charge in [-0.25, -0.2) is 12.8 Å². The Labute approximate surface area is 131 Å². The molecule has 0 spiro atoms. The Morgan fingerprint density at radius 1 is 1.14 bits per heavy atom. The summed E-state index contributed by atoms with van der Waals surface area (Å²) in [6, 6.07) is 7.13. The third kappa shape index (κ3) is 3.36. The van der Waals surface area contributed by atoms with E-state index in [1.807, 2.05) is 6.92 Å². The molecule has 0 fully saturated rings. The van der Waals surface area contributed by atoms with Gasteiger partial charge in [0.05, 0.1) is 11.4 Å². The first-order valence-electron chi connectivity index (χ1n) is 6.05. The number of nitrogen functional groups attached to an aromatic ring is 1. The summed E-state index contributed by atoms with van der Waals surface area (Å²) < 4.78 is 41.2. The molecule has 0 amide bonds. The smallest absolute Gasteiger partial charge is 0.264 e. The van der Waals surface area contributed by atoms with Gasteiger partial charge >= 0.3 is 0 Å². The lowest BCUT2D eigenvalue weighted by Crippen LogP contribution is -2.16. The quantitative estimate of drug-likeness (QED) is 0.808. The number of anilines is 2. The largest absolute Gasteiger partial charge is 0.398 e. The van der Waals surface area contributed by atoms with Crippen molar-refractivity contribution in [2.75, 3.05) is 10.5 Å². The minimum Gasteiger partial charge on any atom is -0.398 e. The second-order valence-electron chi connectivity index (χ2n) is 4.70. The number of aryl methyl sites for hydroxylation is 2. The van der Waals surface area contributed by atoms with Gasteiger partial charge in [0.1, 0.15) is 10.7 Å². The topological polar surface area (TPSA) is 72.2 Å². The Kier molecular flexibility index (Phi) is 4.25. The highest BCUT2D eigenvalue weighted by Gasteiger charge is 2.20. The number of hydrogen-bond donors (Lipinski definition) is 2. The number of nitrogens with one attached hydrogen (secondary N) is 1. The maximum Gasteiger partial charge on any atom is 0.264 e. The zero-order valence-corrected chi connectivity index (χ0v) is 13.8. The second kappa shape index (κ2) is 5.65. The third-order valence-electron chi connectivity index (χ3n) is 3.09. The molecule has 7 heteroatoms. The van der Waals surface area contributed by atoms with E-state index in [0.29, 0.717) is 4.47 Å². The maximum absolute atomic E-state index is 13.8. The molecule has 3 N–H and O–H groups in total. The summed E-state index contributed by atoms with van der Waals surface area (Å²) >= 11 is 3.11. The van der Waals surface area contributed by atoms with E-state index in [-0.39, 0.29) is 16.3 Å². The molecular weight excluding hydrogens is 359 g/mol. The predicted octanol–water partition coefficient (Wildman–Crippen LogP) is 3.59. The van der Waals surface area contributed by atoms with E-state index in [1.54, 1.807) is 19.1 Å². The first-order valence-corrected chi connectivity index (χ1v) is 8.33. The Hall–Kier alpha value is -1.60. The summed E-state index contributed by atoms with van der Waals surface area (Å²) in [5.74, 6) is -0.671. The molecule has 2 aromatic rings. The Balaban J connectivity index is 2.46. The van der Waals surface area contributed by atoms with Gasteiger partial charge in [0.15, 0.2) is 0 Å². The van der Waals surface area contributed by atoms with Crippen LogP contribution in [-0.4, -0.2) is 8.42 Å². The van der Waals surface area contributed by atoms with Crippen molar-refractivity contribution in [2.45, 2.75) is 18.7 Å². The van der Waals surface area contributed by atoms with Gasteiger partial charge in [-0.3, -0.25) is 4.72 Å². The van der Waals surface area contributed by atoms with Crippen LogP contribution in [0.4, 0.5) is 15.8 Å². The summed E-state index contributed by atoms with van der Waals surface area (Å²) in [5.41, 5.74) is 7.45. The number of halogens is 2. The lowest BCUT2D eigenvalue weighted by molar-refractivity contribution is 0.598. The van der Waals surface area contributed by atoms with Crippen molar-refractivity contribution in [1.29, 1.82) is 0 Å². The molecule has 0 unspecified atom stereocenters. The monoisotopic (exact) mass is 372 g/mol. The molecule has 0 aliphatic rings. The van der Waals surface area contributed by atoms with Crippen LogP contribution in [0.3, 0.4) is 0 Å². The highest BCUT2D eigenvalue weighted by Crippen LogP contribution is 2.27. The van der Waals surface area contributed by atoms with E-state index in [1.165, 1.54) is 18.2 Å². The molecule has 0 saturated heterocycles. The van der Waals surface area contributed by atoms with Crippen molar-refractivity contribution < 1.29 is 12.8 Å². The molecule has 21 heavy (non-hydrogen) atoms. The Morgan fingerprint density at radius 3 is 2.38 bits per heavy atom. The number of nitrogens with two attached hydrogens (primary N) is 1. The van der Waals surface area contributed by atoms with Crippen LogP contribution in [0.2, 0.25) is 0 Å². The van der Waals surface area contributed by atoms with E-state index in [9.17, 15) is 12.8 Å². The zero-order valence-electron chi connectivity index (χ0n) is 11.4. The lowest BCUT2D eigenvalue weighted by Gasteiger charge is -2.13. The highest BCUT2D eigenvalue weighted by atomic mass is 79.9. The summed E-state index contributed by atoms with van der Waals surface area (Å²) in [7, 11) is -3.95. The van der Waals surface area contributed by atoms with Crippen LogP contribution in [0.5, 0.6) is 0 Å². The summed E-state index contributed by atoms with van der Waals surface area (Å²) in [6.07, 6.45) is 0. The molecule has 2 rings (SSSR count). The van der Waals surface area contributed by atoms with Gasteiger partial charge < -0.3 is 5.73 Å². The van der Waals surface area contributed by atoms with Gasteiger partial charge in [-0.15, -0.1) is 0 Å². The highest BCUT2D eigenvalue weighted by molar-refractivity contribution is 9.10. The van der Waals surface area contributed by atoms with Gasteiger partial charge in [0, 0.05) is 4.47 Å². The minimum absolute atomic E-state index is 0.0621. The van der Waals surface area contributed by atoms with Crippen molar-refractivity contribution in [1.82, 2.24) is 0 Å². The van der Waals surface area contributed by atoms with Gasteiger partial charge in [0.2, 0.25) is 0 Å². The molecule has 0 aliphatic carbocycles. The van der Waals surface area contributed by atoms with E-state index >= 15 is 0 Å². The fourth-order valence-electron chi connectivity index (χ4n) is 1.82. The fourth-order valence-corrected chi connectivity index (χ4v) is 3.42. The van der Waals surface area contributed by atoms with E-state index in [0.717, 1.165) is 11.1 Å². The van der Waals surface area contributed by atoms with E-state index in [2.05, 4.69) is 20.7 Å². The number of rotatable bonds is 3. The zero-order chi connectivity index (χ0) is 15.8. The molecule has 0 atom stereocenters. The molecule has 0 bridgehead atoms. The number of hydrogen-bond acceptors (Lipinski definition) is 3. The van der Waals surface area contributed by atoms with E-state index in [4.69, 9.17) is 5.73 Å².